The van der Waals surface area contributed by atoms with Crippen molar-refractivity contribution in [3.63, 3.8) is 0 Å². The third-order valence-electron chi connectivity index (χ3n) is 3.30. The number of rotatable bonds is 5. The highest BCUT2D eigenvalue weighted by Gasteiger charge is 2.19. The molecule has 4 heteroatoms. The van der Waals surface area contributed by atoms with E-state index in [2.05, 4.69) is 15.6 Å². The minimum Gasteiger partial charge on any atom is -0.351 e. The van der Waals surface area contributed by atoms with E-state index in [9.17, 15) is 4.79 Å². The predicted octanol–water partition coefficient (Wildman–Crippen LogP) is 1.72. The molecule has 4 nitrogen and oxygen atoms in total. The van der Waals surface area contributed by atoms with Crippen molar-refractivity contribution < 1.29 is 4.79 Å². The summed E-state index contributed by atoms with van der Waals surface area (Å²) in [5, 5.41) is 7.29. The molecule has 0 radical (unpaired) electrons. The quantitative estimate of drug-likeness (QED) is 0.800. The van der Waals surface area contributed by atoms with Gasteiger partial charge in [0.1, 0.15) is 0 Å². The van der Waals surface area contributed by atoms with E-state index in [1.54, 1.807) is 6.20 Å². The number of para-hydroxylation sites is 1. The first-order valence-electron chi connectivity index (χ1n) is 6.70. The molecule has 0 unspecified atom stereocenters. The van der Waals surface area contributed by atoms with Crippen LogP contribution in [0.15, 0.2) is 36.5 Å². The molecule has 0 atom stereocenters. The highest BCUT2D eigenvalue weighted by atomic mass is 16.1. The number of nitrogens with one attached hydrogen (secondary N) is 2. The van der Waals surface area contributed by atoms with Crippen molar-refractivity contribution in [2.45, 2.75) is 18.9 Å². The molecule has 1 heterocycles. The van der Waals surface area contributed by atoms with Gasteiger partial charge in [0.2, 0.25) is 0 Å². The smallest absolute Gasteiger partial charge is 0.253 e. The first-order chi connectivity index (χ1) is 9.34. The lowest BCUT2D eigenvalue weighted by Crippen LogP contribution is -2.32. The Kier molecular flexibility index (Phi) is 3.42. The Morgan fingerprint density at radius 1 is 1.21 bits per heavy atom. The summed E-state index contributed by atoms with van der Waals surface area (Å²) in [5.74, 6) is -0.0538. The number of fused-ring (bicyclic) bond motifs is 1. The Bertz CT molecular complexity index is 587. The number of hydrogen-bond acceptors (Lipinski definition) is 3. The molecule has 1 aliphatic carbocycles. The van der Waals surface area contributed by atoms with E-state index in [1.165, 1.54) is 12.8 Å². The zero-order valence-corrected chi connectivity index (χ0v) is 10.7. The van der Waals surface area contributed by atoms with Crippen LogP contribution in [0.4, 0.5) is 0 Å². The van der Waals surface area contributed by atoms with Gasteiger partial charge in [0.15, 0.2) is 0 Å². The van der Waals surface area contributed by atoms with Gasteiger partial charge in [0.25, 0.3) is 5.91 Å². The molecule has 0 saturated heterocycles. The Morgan fingerprint density at radius 2 is 2.05 bits per heavy atom. The molecule has 1 aromatic heterocycles. The number of carbonyl (C=O) groups is 1. The Balaban J connectivity index is 1.66. The van der Waals surface area contributed by atoms with Gasteiger partial charge in [0, 0.05) is 30.7 Å². The summed E-state index contributed by atoms with van der Waals surface area (Å²) < 4.78 is 0. The lowest BCUT2D eigenvalue weighted by Gasteiger charge is -2.07. The normalized spacial score (nSPS) is 14.5. The Labute approximate surface area is 112 Å². The van der Waals surface area contributed by atoms with Crippen LogP contribution < -0.4 is 10.6 Å². The molecule has 1 aliphatic rings. The number of hydrogen-bond donors (Lipinski definition) is 2. The number of nitrogens with zero attached hydrogens (tertiary/aromatic N) is 1. The van der Waals surface area contributed by atoms with E-state index < -0.39 is 0 Å². The zero-order chi connectivity index (χ0) is 13.1. The third kappa shape index (κ3) is 2.90. The molecule has 3 rings (SSSR count). The molecule has 1 aromatic carbocycles. The predicted molar refractivity (Wildman–Crippen MR) is 75.1 cm³/mol. The first kappa shape index (κ1) is 12.1. The Hall–Kier alpha value is -1.94. The van der Waals surface area contributed by atoms with E-state index in [0.29, 0.717) is 18.2 Å². The molecular formula is C15H17N3O. The molecule has 0 spiro atoms. The van der Waals surface area contributed by atoms with Crippen LogP contribution in [-0.2, 0) is 0 Å². The summed E-state index contributed by atoms with van der Waals surface area (Å²) in [5.41, 5.74) is 1.40. The average molecular weight is 255 g/mol. The lowest BCUT2D eigenvalue weighted by molar-refractivity contribution is 0.0955. The van der Waals surface area contributed by atoms with Crippen LogP contribution >= 0.6 is 0 Å². The summed E-state index contributed by atoms with van der Waals surface area (Å²) in [6.45, 7) is 1.48. The summed E-state index contributed by atoms with van der Waals surface area (Å²) in [4.78, 5) is 16.4. The minimum atomic E-state index is -0.0538. The van der Waals surface area contributed by atoms with Crippen molar-refractivity contribution in [2.24, 2.45) is 0 Å². The summed E-state index contributed by atoms with van der Waals surface area (Å²) in [6.07, 6.45) is 4.25. The number of aromatic nitrogens is 1. The molecule has 19 heavy (non-hydrogen) atoms. The standard InChI is InChI=1S/C15H17N3O/c19-15(18-10-9-16-12-6-7-12)13-5-1-3-11-4-2-8-17-14(11)13/h1-5,8,12,16H,6-7,9-10H2,(H,18,19). The van der Waals surface area contributed by atoms with Crippen LogP contribution in [0.1, 0.15) is 23.2 Å². The van der Waals surface area contributed by atoms with E-state index >= 15 is 0 Å². The largest absolute Gasteiger partial charge is 0.351 e. The van der Waals surface area contributed by atoms with E-state index in [1.807, 2.05) is 30.3 Å². The number of pyridine rings is 1. The maximum absolute atomic E-state index is 12.1. The van der Waals surface area contributed by atoms with Crippen molar-refractivity contribution in [1.82, 2.24) is 15.6 Å². The van der Waals surface area contributed by atoms with Gasteiger partial charge in [0.05, 0.1) is 11.1 Å². The van der Waals surface area contributed by atoms with Crippen LogP contribution in [0.25, 0.3) is 10.9 Å². The fourth-order valence-corrected chi connectivity index (χ4v) is 2.12. The van der Waals surface area contributed by atoms with Crippen molar-refractivity contribution in [2.75, 3.05) is 13.1 Å². The fourth-order valence-electron chi connectivity index (χ4n) is 2.12. The average Bonchev–Trinajstić information content (AvgIpc) is 3.27. The van der Waals surface area contributed by atoms with Crippen LogP contribution in [0.3, 0.4) is 0 Å². The molecule has 0 aliphatic heterocycles. The van der Waals surface area contributed by atoms with E-state index in [0.717, 1.165) is 17.4 Å². The molecule has 1 fully saturated rings. The second-order valence-electron chi connectivity index (χ2n) is 4.86. The third-order valence-corrected chi connectivity index (χ3v) is 3.30. The lowest BCUT2D eigenvalue weighted by atomic mass is 10.1. The molecule has 98 valence electrons. The topological polar surface area (TPSA) is 54.0 Å². The summed E-state index contributed by atoms with van der Waals surface area (Å²) >= 11 is 0. The van der Waals surface area contributed by atoms with Crippen LogP contribution in [0, 0.1) is 0 Å². The van der Waals surface area contributed by atoms with Gasteiger partial charge in [-0.15, -0.1) is 0 Å². The molecule has 2 N–H and O–H groups in total. The summed E-state index contributed by atoms with van der Waals surface area (Å²) in [6, 6.07) is 10.2. The summed E-state index contributed by atoms with van der Waals surface area (Å²) in [7, 11) is 0. The van der Waals surface area contributed by atoms with Gasteiger partial charge in [-0.2, -0.15) is 0 Å². The van der Waals surface area contributed by atoms with Crippen molar-refractivity contribution in [3.05, 3.63) is 42.1 Å². The second-order valence-corrected chi connectivity index (χ2v) is 4.86. The SMILES string of the molecule is O=C(NCCNC1CC1)c1cccc2cccnc12. The van der Waals surface area contributed by atoms with Gasteiger partial charge in [-0.05, 0) is 25.0 Å². The zero-order valence-electron chi connectivity index (χ0n) is 10.7. The van der Waals surface area contributed by atoms with Gasteiger partial charge < -0.3 is 10.6 Å². The highest BCUT2D eigenvalue weighted by molar-refractivity contribution is 6.05. The maximum Gasteiger partial charge on any atom is 0.253 e. The number of amides is 1. The van der Waals surface area contributed by atoms with Crippen LogP contribution in [-0.4, -0.2) is 30.0 Å². The number of carbonyl (C=O) groups excluding carboxylic acids is 1. The van der Waals surface area contributed by atoms with Crippen molar-refractivity contribution in [3.8, 4) is 0 Å². The first-order valence-corrected chi connectivity index (χ1v) is 6.70. The monoisotopic (exact) mass is 255 g/mol. The van der Waals surface area contributed by atoms with Gasteiger partial charge in [-0.1, -0.05) is 18.2 Å². The van der Waals surface area contributed by atoms with Gasteiger partial charge in [-0.3, -0.25) is 9.78 Å². The van der Waals surface area contributed by atoms with E-state index in [-0.39, 0.29) is 5.91 Å². The van der Waals surface area contributed by atoms with Gasteiger partial charge >= 0.3 is 0 Å². The van der Waals surface area contributed by atoms with Crippen molar-refractivity contribution in [1.29, 1.82) is 0 Å². The van der Waals surface area contributed by atoms with Gasteiger partial charge in [-0.25, -0.2) is 0 Å². The molecule has 1 saturated carbocycles. The maximum atomic E-state index is 12.1. The van der Waals surface area contributed by atoms with Crippen molar-refractivity contribution >= 4 is 16.8 Å². The molecule has 1 amide bonds. The second kappa shape index (κ2) is 5.36. The van der Waals surface area contributed by atoms with Crippen LogP contribution in [0.2, 0.25) is 0 Å². The fraction of sp³-hybridized carbons (Fsp3) is 0.333. The highest BCUT2D eigenvalue weighted by Crippen LogP contribution is 2.18. The van der Waals surface area contributed by atoms with E-state index in [4.69, 9.17) is 0 Å². The van der Waals surface area contributed by atoms with Crippen LogP contribution in [0.5, 0.6) is 0 Å². The molecule has 0 bridgehead atoms. The Morgan fingerprint density at radius 3 is 2.89 bits per heavy atom. The minimum absolute atomic E-state index is 0.0538. The molecule has 2 aromatic rings. The number of benzene rings is 1. The molecular weight excluding hydrogens is 238 g/mol.